The van der Waals surface area contributed by atoms with Crippen molar-refractivity contribution < 1.29 is 14.7 Å². The minimum absolute atomic E-state index is 0.000804. The van der Waals surface area contributed by atoms with Crippen molar-refractivity contribution in [3.63, 3.8) is 0 Å². The summed E-state index contributed by atoms with van der Waals surface area (Å²) in [6.45, 7) is 5.53. The second kappa shape index (κ2) is 9.64. The Hall–Kier alpha value is -3.36. The fourth-order valence-corrected chi connectivity index (χ4v) is 5.35. The lowest BCUT2D eigenvalue weighted by molar-refractivity contribution is -0.136. The van der Waals surface area contributed by atoms with Crippen LogP contribution < -0.4 is 4.90 Å². The van der Waals surface area contributed by atoms with E-state index in [0.717, 1.165) is 37.6 Å². The Morgan fingerprint density at radius 3 is 2.58 bits per heavy atom. The quantitative estimate of drug-likeness (QED) is 0.330. The maximum Gasteiger partial charge on any atom is 0.303 e. The molecule has 168 valence electrons. The average molecular weight is 478 g/mol. The van der Waals surface area contributed by atoms with Crippen LogP contribution in [0.3, 0.4) is 0 Å². The van der Waals surface area contributed by atoms with Gasteiger partial charge in [0.05, 0.1) is 21.6 Å². The molecule has 0 saturated heterocycles. The summed E-state index contributed by atoms with van der Waals surface area (Å²) in [6.07, 6.45) is 2.22. The lowest BCUT2D eigenvalue weighted by Gasteiger charge is -2.21. The Bertz CT molecular complexity index is 1340. The van der Waals surface area contributed by atoms with Crippen LogP contribution in [-0.2, 0) is 9.59 Å². The van der Waals surface area contributed by atoms with Crippen molar-refractivity contribution in [3.8, 4) is 0 Å². The first kappa shape index (κ1) is 22.8. The first-order valence-electron chi connectivity index (χ1n) is 10.4. The molecule has 0 fully saturated rings. The third-order valence-electron chi connectivity index (χ3n) is 5.33. The third-order valence-corrected chi connectivity index (χ3v) is 7.29. The summed E-state index contributed by atoms with van der Waals surface area (Å²) >= 11 is 2.91. The standard InChI is InChI=1S/C25H23N3O3S2/c1-15-7-6-9-21(16(15)2)28(17(3)29)25-26-19(14-32-25)13-18(11-12-23(30)31)24-27-20-8-4-5-10-22(20)33-24/h4-10,13-14H,11-12H2,1-3H3,(H,30,31)/b18-13-. The largest absolute Gasteiger partial charge is 0.481 e. The van der Waals surface area contributed by atoms with Gasteiger partial charge in [0.25, 0.3) is 0 Å². The summed E-state index contributed by atoms with van der Waals surface area (Å²) in [5.41, 5.74) is 5.31. The maximum atomic E-state index is 12.5. The van der Waals surface area contributed by atoms with E-state index >= 15 is 0 Å². The van der Waals surface area contributed by atoms with Crippen molar-refractivity contribution in [2.45, 2.75) is 33.6 Å². The van der Waals surface area contributed by atoms with E-state index in [0.29, 0.717) is 17.2 Å². The van der Waals surface area contributed by atoms with Crippen molar-refractivity contribution in [1.82, 2.24) is 9.97 Å². The Morgan fingerprint density at radius 1 is 1.06 bits per heavy atom. The van der Waals surface area contributed by atoms with E-state index in [4.69, 9.17) is 9.97 Å². The van der Waals surface area contributed by atoms with Gasteiger partial charge in [0, 0.05) is 18.7 Å². The number of aliphatic carboxylic acids is 1. The zero-order valence-electron chi connectivity index (χ0n) is 18.5. The van der Waals surface area contributed by atoms with Crippen molar-refractivity contribution >= 4 is 67.2 Å². The maximum absolute atomic E-state index is 12.5. The number of benzene rings is 2. The molecule has 0 aliphatic carbocycles. The molecule has 2 aromatic heterocycles. The molecule has 0 radical (unpaired) electrons. The summed E-state index contributed by atoms with van der Waals surface area (Å²) in [5, 5.41) is 12.5. The number of allylic oxidation sites excluding steroid dienone is 1. The van der Waals surface area contributed by atoms with Gasteiger partial charge in [0.15, 0.2) is 5.13 Å². The molecule has 33 heavy (non-hydrogen) atoms. The summed E-state index contributed by atoms with van der Waals surface area (Å²) < 4.78 is 1.05. The lowest BCUT2D eigenvalue weighted by Crippen LogP contribution is -2.23. The molecule has 0 unspecified atom stereocenters. The molecule has 4 aromatic rings. The van der Waals surface area contributed by atoms with E-state index < -0.39 is 5.97 Å². The second-order valence-corrected chi connectivity index (χ2v) is 9.55. The van der Waals surface area contributed by atoms with Gasteiger partial charge in [-0.15, -0.1) is 22.7 Å². The number of nitrogens with zero attached hydrogens (tertiary/aromatic N) is 3. The number of aromatic nitrogens is 2. The number of carboxylic acids is 1. The molecule has 0 aliphatic rings. The molecule has 1 amide bonds. The summed E-state index contributed by atoms with van der Waals surface area (Å²) in [6, 6.07) is 13.7. The molecule has 4 rings (SSSR count). The van der Waals surface area contributed by atoms with E-state index in [1.165, 1.54) is 29.6 Å². The number of thiazole rings is 2. The number of anilines is 2. The Labute approximate surface area is 199 Å². The highest BCUT2D eigenvalue weighted by Gasteiger charge is 2.20. The molecular weight excluding hydrogens is 454 g/mol. The summed E-state index contributed by atoms with van der Waals surface area (Å²) in [4.78, 5) is 34.8. The van der Waals surface area contributed by atoms with Crippen LogP contribution >= 0.6 is 22.7 Å². The van der Waals surface area contributed by atoms with Crippen LogP contribution in [0.1, 0.15) is 41.6 Å². The van der Waals surface area contributed by atoms with Crippen LogP contribution in [0, 0.1) is 13.8 Å². The molecule has 0 saturated carbocycles. The highest BCUT2D eigenvalue weighted by molar-refractivity contribution is 7.19. The van der Waals surface area contributed by atoms with Crippen molar-refractivity contribution in [1.29, 1.82) is 0 Å². The van der Waals surface area contributed by atoms with Crippen LogP contribution in [0.2, 0.25) is 0 Å². The lowest BCUT2D eigenvalue weighted by atomic mass is 10.1. The number of amides is 1. The SMILES string of the molecule is CC(=O)N(c1nc(/C=C(/CCC(=O)O)c2nc3ccccc3s2)cs1)c1cccc(C)c1C. The molecule has 0 atom stereocenters. The molecular formula is C25H23N3O3S2. The minimum atomic E-state index is -0.862. The third kappa shape index (κ3) is 5.02. The smallest absolute Gasteiger partial charge is 0.303 e. The van der Waals surface area contributed by atoms with Crippen LogP contribution in [0.5, 0.6) is 0 Å². The van der Waals surface area contributed by atoms with E-state index in [1.807, 2.05) is 67.8 Å². The van der Waals surface area contributed by atoms with Gasteiger partial charge in [0.1, 0.15) is 5.01 Å². The van der Waals surface area contributed by atoms with Crippen molar-refractivity contribution in [2.24, 2.45) is 0 Å². The van der Waals surface area contributed by atoms with Gasteiger partial charge in [0.2, 0.25) is 5.91 Å². The van der Waals surface area contributed by atoms with Gasteiger partial charge in [-0.2, -0.15) is 0 Å². The van der Waals surface area contributed by atoms with E-state index in [9.17, 15) is 14.7 Å². The van der Waals surface area contributed by atoms with Crippen molar-refractivity contribution in [3.05, 3.63) is 69.7 Å². The topological polar surface area (TPSA) is 83.4 Å². The second-order valence-electron chi connectivity index (χ2n) is 7.68. The molecule has 1 N–H and O–H groups in total. The zero-order chi connectivity index (χ0) is 23.5. The Morgan fingerprint density at radius 2 is 1.85 bits per heavy atom. The van der Waals surface area contributed by atoms with Gasteiger partial charge >= 0.3 is 5.97 Å². The van der Waals surface area contributed by atoms with Crippen LogP contribution in [0.15, 0.2) is 47.8 Å². The van der Waals surface area contributed by atoms with Crippen LogP contribution in [0.25, 0.3) is 21.9 Å². The van der Waals surface area contributed by atoms with E-state index in [1.54, 1.807) is 4.90 Å². The number of carbonyl (C=O) groups excluding carboxylic acids is 1. The highest BCUT2D eigenvalue weighted by Crippen LogP contribution is 2.35. The molecule has 8 heteroatoms. The number of hydrogen-bond donors (Lipinski definition) is 1. The number of rotatable bonds is 7. The number of hydrogen-bond acceptors (Lipinski definition) is 6. The zero-order valence-corrected chi connectivity index (χ0v) is 20.2. The number of carbonyl (C=O) groups is 2. The molecule has 6 nitrogen and oxygen atoms in total. The molecule has 0 spiro atoms. The first-order valence-corrected chi connectivity index (χ1v) is 12.1. The fraction of sp³-hybridized carbons (Fsp3) is 0.200. The van der Waals surface area contributed by atoms with E-state index in [-0.39, 0.29) is 12.3 Å². The van der Waals surface area contributed by atoms with E-state index in [2.05, 4.69) is 0 Å². The first-order chi connectivity index (χ1) is 15.8. The number of para-hydroxylation sites is 1. The monoisotopic (exact) mass is 477 g/mol. The van der Waals surface area contributed by atoms with Crippen LogP contribution in [0.4, 0.5) is 10.8 Å². The average Bonchev–Trinajstić information content (AvgIpc) is 3.41. The van der Waals surface area contributed by atoms with Gasteiger partial charge in [-0.1, -0.05) is 24.3 Å². The number of fused-ring (bicyclic) bond motifs is 1. The Kier molecular flexibility index (Phi) is 6.67. The van der Waals surface area contributed by atoms with Crippen LogP contribution in [-0.4, -0.2) is 27.0 Å². The predicted octanol–water partition coefficient (Wildman–Crippen LogP) is 6.46. The molecule has 0 aliphatic heterocycles. The normalized spacial score (nSPS) is 11.7. The fourth-order valence-electron chi connectivity index (χ4n) is 3.50. The number of carboxylic acid groups (broad SMARTS) is 1. The van der Waals surface area contributed by atoms with Gasteiger partial charge in [-0.25, -0.2) is 9.97 Å². The van der Waals surface area contributed by atoms with Gasteiger partial charge in [-0.3, -0.25) is 14.5 Å². The minimum Gasteiger partial charge on any atom is -0.481 e. The predicted molar refractivity (Wildman–Crippen MR) is 135 cm³/mol. The molecule has 0 bridgehead atoms. The summed E-state index contributed by atoms with van der Waals surface area (Å²) in [7, 11) is 0. The molecule has 2 heterocycles. The summed E-state index contributed by atoms with van der Waals surface area (Å²) in [5.74, 6) is -0.982. The molecule has 2 aromatic carbocycles. The van der Waals surface area contributed by atoms with Crippen molar-refractivity contribution in [2.75, 3.05) is 4.90 Å². The number of aryl methyl sites for hydroxylation is 1. The highest BCUT2D eigenvalue weighted by atomic mass is 32.1. The Balaban J connectivity index is 1.73. The van der Waals surface area contributed by atoms with Gasteiger partial charge < -0.3 is 5.11 Å². The van der Waals surface area contributed by atoms with Gasteiger partial charge in [-0.05, 0) is 61.2 Å².